The normalized spacial score (nSPS) is 17.1. The molecule has 0 fully saturated rings. The lowest BCUT2D eigenvalue weighted by Gasteiger charge is -2.32. The summed E-state index contributed by atoms with van der Waals surface area (Å²) in [5.41, 5.74) is -5.73. The van der Waals surface area contributed by atoms with Gasteiger partial charge in [-0.15, -0.1) is 9.05 Å². The van der Waals surface area contributed by atoms with Gasteiger partial charge >= 0.3 is 16.9 Å². The van der Waals surface area contributed by atoms with Crippen molar-refractivity contribution in [3.63, 3.8) is 0 Å². The van der Waals surface area contributed by atoms with Crippen molar-refractivity contribution in [3.8, 4) is 0 Å². The first-order chi connectivity index (χ1) is 7.09. The summed E-state index contributed by atoms with van der Waals surface area (Å²) in [5, 5.41) is -6.28. The third-order valence-electron chi connectivity index (χ3n) is 0.895. The molecule has 0 aromatic rings. The van der Waals surface area contributed by atoms with Crippen LogP contribution in [0.15, 0.2) is 0 Å². The summed E-state index contributed by atoms with van der Waals surface area (Å²) in [6.07, 6.45) is -6.58. The van der Waals surface area contributed by atoms with Crippen LogP contribution in [0.3, 0.4) is 0 Å². The molecular weight excluding hydrogens is 332 g/mol. The zero-order valence-electron chi connectivity index (χ0n) is 6.97. The summed E-state index contributed by atoms with van der Waals surface area (Å²) in [6, 6.07) is 0. The van der Waals surface area contributed by atoms with Gasteiger partial charge in [0.05, 0.1) is 0 Å². The molecule has 0 aromatic carbocycles. The zero-order valence-corrected chi connectivity index (χ0v) is 9.42. The highest BCUT2D eigenvalue weighted by Gasteiger charge is 2.62. The van der Waals surface area contributed by atoms with Gasteiger partial charge in [-0.25, -0.2) is 0 Å². The SMILES string of the molecule is O=S([O-])([O-])=S(SC(F)(F)F)C(F)(F)C(F)(F)F. The zero-order chi connectivity index (χ0) is 14.3. The maximum absolute atomic E-state index is 12.4. The lowest BCUT2D eigenvalue weighted by molar-refractivity contribution is -0.237. The highest BCUT2D eigenvalue weighted by Crippen LogP contribution is 2.48. The van der Waals surface area contributed by atoms with Crippen LogP contribution in [-0.2, 0) is 17.5 Å². The Balaban J connectivity index is 5.82. The largest absolute Gasteiger partial charge is 0.784 e. The van der Waals surface area contributed by atoms with Gasteiger partial charge in [0.25, 0.3) is 0 Å². The number of hydrogen-bond acceptors (Lipinski definition) is 4. The van der Waals surface area contributed by atoms with E-state index in [-0.39, 0.29) is 0 Å². The molecule has 0 rings (SSSR count). The van der Waals surface area contributed by atoms with Crippen LogP contribution < -0.4 is 0 Å². The number of alkyl halides is 8. The van der Waals surface area contributed by atoms with Gasteiger partial charge in [-0.2, -0.15) is 35.1 Å². The first-order valence-electron chi connectivity index (χ1n) is 3.00. The Morgan fingerprint density at radius 1 is 0.941 bits per heavy atom. The molecule has 3 nitrogen and oxygen atoms in total. The predicted molar refractivity (Wildman–Crippen MR) is 41.7 cm³/mol. The van der Waals surface area contributed by atoms with Crippen LogP contribution in [0.2, 0.25) is 0 Å². The van der Waals surface area contributed by atoms with Crippen molar-refractivity contribution in [1.29, 1.82) is 0 Å². The average Bonchev–Trinajstić information content (AvgIpc) is 1.93. The van der Waals surface area contributed by atoms with Crippen LogP contribution in [0.25, 0.3) is 0 Å². The number of rotatable bonds is 2. The van der Waals surface area contributed by atoms with Gasteiger partial charge in [-0.05, 0) is 8.49 Å². The van der Waals surface area contributed by atoms with E-state index < -0.39 is 45.3 Å². The van der Waals surface area contributed by atoms with Crippen LogP contribution >= 0.6 is 10.8 Å². The Kier molecular flexibility index (Phi) is 4.77. The van der Waals surface area contributed by atoms with Gasteiger partial charge in [0.2, 0.25) is 0 Å². The van der Waals surface area contributed by atoms with E-state index in [4.69, 9.17) is 0 Å². The maximum Gasteiger partial charge on any atom is 0.464 e. The fourth-order valence-electron chi connectivity index (χ4n) is 0.402. The third-order valence-corrected chi connectivity index (χ3v) is 7.76. The van der Waals surface area contributed by atoms with E-state index in [1.165, 1.54) is 0 Å². The standard InChI is InChI=1S/C3H2F8O3S3/c4-1(5,6)2(7,8)16(17(12,13)14)15-3(9,10)11/h(H2,12,13,14)/p-2. The minimum Gasteiger partial charge on any atom is -0.784 e. The molecule has 0 N–H and O–H groups in total. The van der Waals surface area contributed by atoms with Gasteiger partial charge < -0.3 is 9.11 Å². The van der Waals surface area contributed by atoms with Crippen LogP contribution in [0, 0.1) is 0 Å². The molecule has 1 atom stereocenters. The predicted octanol–water partition coefficient (Wildman–Crippen LogP) is 2.39. The van der Waals surface area contributed by atoms with E-state index >= 15 is 0 Å². The molecule has 14 heteroatoms. The van der Waals surface area contributed by atoms with E-state index in [1.807, 2.05) is 0 Å². The summed E-state index contributed by atoms with van der Waals surface area (Å²) in [5.74, 6) is 0. The summed E-state index contributed by atoms with van der Waals surface area (Å²) in [7, 11) is -13.5. The van der Waals surface area contributed by atoms with Crippen molar-refractivity contribution in [2.75, 3.05) is 0 Å². The summed E-state index contributed by atoms with van der Waals surface area (Å²) < 4.78 is 125. The average molecular weight is 332 g/mol. The van der Waals surface area contributed by atoms with E-state index in [2.05, 4.69) is 0 Å². The van der Waals surface area contributed by atoms with Gasteiger partial charge in [0.1, 0.15) is 0 Å². The molecule has 0 aliphatic carbocycles. The Hall–Kier alpha value is 0.210. The topological polar surface area (TPSA) is 63.2 Å². The van der Waals surface area contributed by atoms with Crippen LogP contribution in [0.1, 0.15) is 0 Å². The molecule has 1 unspecified atom stereocenters. The van der Waals surface area contributed by atoms with Crippen molar-refractivity contribution in [2.45, 2.75) is 16.9 Å². The van der Waals surface area contributed by atoms with E-state index in [0.717, 1.165) is 0 Å². The van der Waals surface area contributed by atoms with E-state index in [9.17, 15) is 48.4 Å². The van der Waals surface area contributed by atoms with Gasteiger partial charge in [0, 0.05) is 10.8 Å². The minimum atomic E-state index is -6.58. The second-order valence-electron chi connectivity index (χ2n) is 2.19. The molecule has 0 amide bonds. The van der Waals surface area contributed by atoms with Crippen molar-refractivity contribution in [1.82, 2.24) is 0 Å². The van der Waals surface area contributed by atoms with Gasteiger partial charge in [0.15, 0.2) is 0 Å². The van der Waals surface area contributed by atoms with Gasteiger partial charge in [-0.1, -0.05) is 0 Å². The first-order valence-corrected chi connectivity index (χ1v) is 7.49. The third kappa shape index (κ3) is 4.76. The molecule has 0 heterocycles. The van der Waals surface area contributed by atoms with Crippen LogP contribution in [0.5, 0.6) is 0 Å². The molecule has 17 heavy (non-hydrogen) atoms. The van der Waals surface area contributed by atoms with E-state index in [1.54, 1.807) is 0 Å². The highest BCUT2D eigenvalue weighted by atomic mass is 33.4. The fraction of sp³-hybridized carbons (Fsp3) is 1.00. The van der Waals surface area contributed by atoms with Crippen molar-refractivity contribution in [3.05, 3.63) is 0 Å². The molecule has 0 spiro atoms. The second-order valence-corrected chi connectivity index (χ2v) is 8.97. The maximum atomic E-state index is 12.4. The molecule has 106 valence electrons. The van der Waals surface area contributed by atoms with Crippen molar-refractivity contribution in [2.24, 2.45) is 0 Å². The Labute approximate surface area is 94.2 Å². The lowest BCUT2D eigenvalue weighted by atomic mass is 10.7. The molecule has 0 aliphatic heterocycles. The van der Waals surface area contributed by atoms with Gasteiger partial charge in [-0.3, -0.25) is 4.21 Å². The van der Waals surface area contributed by atoms with Crippen LogP contribution in [-0.4, -0.2) is 30.3 Å². The Bertz CT molecular complexity index is 392. The summed E-state index contributed by atoms with van der Waals surface area (Å²) in [4.78, 5) is 0. The number of hydrogen-bond donors (Lipinski definition) is 0. The smallest absolute Gasteiger partial charge is 0.464 e. The molecule has 0 bridgehead atoms. The number of halogens is 8. The Morgan fingerprint density at radius 2 is 1.29 bits per heavy atom. The summed E-state index contributed by atoms with van der Waals surface area (Å²) in [6.45, 7) is 0. The molecular formula is C3F8O3S3-2. The molecule has 0 saturated heterocycles. The lowest BCUT2D eigenvalue weighted by Crippen LogP contribution is -2.42. The summed E-state index contributed by atoms with van der Waals surface area (Å²) >= 11 is 0. The minimum absolute atomic E-state index is 2.20. The first kappa shape index (κ1) is 17.2. The monoisotopic (exact) mass is 332 g/mol. The van der Waals surface area contributed by atoms with Crippen molar-refractivity contribution >= 4 is 28.3 Å². The quantitative estimate of drug-likeness (QED) is 0.575. The van der Waals surface area contributed by atoms with E-state index in [0.29, 0.717) is 0 Å². The molecule has 0 radical (unpaired) electrons. The molecule has 0 aliphatic rings. The highest BCUT2D eigenvalue weighted by molar-refractivity contribution is 8.87. The second kappa shape index (κ2) is 4.71. The van der Waals surface area contributed by atoms with Crippen LogP contribution in [0.4, 0.5) is 35.1 Å². The Morgan fingerprint density at radius 3 is 1.47 bits per heavy atom. The molecule has 0 aromatic heterocycles. The fourth-order valence-corrected chi connectivity index (χ4v) is 5.07. The molecule has 0 saturated carbocycles. The van der Waals surface area contributed by atoms with Crippen molar-refractivity contribution < 1.29 is 48.4 Å².